The van der Waals surface area contributed by atoms with Crippen molar-refractivity contribution in [3.05, 3.63) is 23.8 Å². The van der Waals surface area contributed by atoms with Crippen molar-refractivity contribution in [3.63, 3.8) is 0 Å². The van der Waals surface area contributed by atoms with Crippen LogP contribution >= 0.6 is 12.6 Å². The number of hydrogen-bond acceptors (Lipinski definition) is 1. The van der Waals surface area contributed by atoms with Crippen LogP contribution in [-0.2, 0) is 0 Å². The molecule has 0 aliphatic rings. The largest absolute Gasteiger partial charge is 0.175 e. The molecule has 9 heavy (non-hydrogen) atoms. The fraction of sp³-hybridized carbons (Fsp3) is 0.500. The summed E-state index contributed by atoms with van der Waals surface area (Å²) < 4.78 is 0. The van der Waals surface area contributed by atoms with Gasteiger partial charge in [-0.15, -0.1) is 0 Å². The minimum absolute atomic E-state index is 0.855. The van der Waals surface area contributed by atoms with E-state index in [1.165, 1.54) is 5.57 Å². The fourth-order valence-corrected chi connectivity index (χ4v) is 0.527. The third-order valence-corrected chi connectivity index (χ3v) is 1.50. The van der Waals surface area contributed by atoms with Gasteiger partial charge >= 0.3 is 0 Å². The summed E-state index contributed by atoms with van der Waals surface area (Å²) in [5.41, 5.74) is 1.31. The number of thiol groups is 1. The highest BCUT2D eigenvalue weighted by Crippen LogP contribution is 1.95. The molecular formula is C8H14S. The van der Waals surface area contributed by atoms with Crippen molar-refractivity contribution in [2.75, 3.05) is 5.75 Å². The van der Waals surface area contributed by atoms with Crippen molar-refractivity contribution < 1.29 is 0 Å². The molecule has 1 heteroatoms. The summed E-state index contributed by atoms with van der Waals surface area (Å²) in [6.07, 6.45) is 7.41. The molecule has 0 rings (SSSR count). The van der Waals surface area contributed by atoms with E-state index in [9.17, 15) is 0 Å². The zero-order valence-corrected chi connectivity index (χ0v) is 6.99. The molecule has 0 saturated carbocycles. The van der Waals surface area contributed by atoms with Gasteiger partial charge < -0.3 is 0 Å². The van der Waals surface area contributed by atoms with E-state index in [4.69, 9.17) is 0 Å². The van der Waals surface area contributed by atoms with E-state index < -0.39 is 0 Å². The second kappa shape index (κ2) is 5.96. The first-order valence-corrected chi connectivity index (χ1v) is 3.87. The Morgan fingerprint density at radius 2 is 2.22 bits per heavy atom. The van der Waals surface area contributed by atoms with Crippen LogP contribution < -0.4 is 0 Å². The van der Waals surface area contributed by atoms with E-state index in [0.29, 0.717) is 0 Å². The molecule has 52 valence electrons. The second-order valence-electron chi connectivity index (χ2n) is 2.01. The third-order valence-electron chi connectivity index (χ3n) is 1.00. The molecule has 0 nitrogen and oxygen atoms in total. The highest BCUT2D eigenvalue weighted by Gasteiger charge is 1.77. The molecule has 0 saturated heterocycles. The molecule has 0 fully saturated rings. The third kappa shape index (κ3) is 5.71. The van der Waals surface area contributed by atoms with Gasteiger partial charge in [0.2, 0.25) is 0 Å². The summed E-state index contributed by atoms with van der Waals surface area (Å²) in [5.74, 6) is 0.855. The van der Waals surface area contributed by atoms with E-state index in [1.807, 2.05) is 0 Å². The van der Waals surface area contributed by atoms with E-state index >= 15 is 0 Å². The maximum Gasteiger partial charge on any atom is 0.0113 e. The normalized spacial score (nSPS) is 13.0. The van der Waals surface area contributed by atoms with Gasteiger partial charge in [-0.2, -0.15) is 12.6 Å². The van der Waals surface area contributed by atoms with Crippen molar-refractivity contribution in [1.29, 1.82) is 0 Å². The predicted octanol–water partition coefficient (Wildman–Crippen LogP) is 2.83. The number of allylic oxidation sites excluding steroid dienone is 3. The molecule has 0 amide bonds. The Morgan fingerprint density at radius 3 is 2.67 bits per heavy atom. The molecule has 0 atom stereocenters. The first-order chi connectivity index (χ1) is 4.31. The zero-order chi connectivity index (χ0) is 7.11. The Morgan fingerprint density at radius 1 is 1.56 bits per heavy atom. The quantitative estimate of drug-likeness (QED) is 0.454. The number of hydrogen-bond donors (Lipinski definition) is 1. The lowest BCUT2D eigenvalue weighted by atomic mass is 10.3. The molecule has 0 unspecified atom stereocenters. The van der Waals surface area contributed by atoms with Gasteiger partial charge in [0.05, 0.1) is 0 Å². The Bertz CT molecular complexity index is 112. The van der Waals surface area contributed by atoms with Crippen molar-refractivity contribution in [3.8, 4) is 0 Å². The van der Waals surface area contributed by atoms with Crippen molar-refractivity contribution in [1.82, 2.24) is 0 Å². The molecule has 0 spiro atoms. The molecule has 0 aromatic rings. The van der Waals surface area contributed by atoms with Crippen LogP contribution in [0.1, 0.15) is 20.3 Å². The second-order valence-corrected chi connectivity index (χ2v) is 2.32. The molecule has 0 N–H and O–H groups in total. The Balaban J connectivity index is 3.55. The standard InChI is InChI=1S/C8H14S/c1-3-4-5-6-8(2)7-9/h4-6,9H,3,7H2,1-2H3/b5-4-,8-6+. The average Bonchev–Trinajstić information content (AvgIpc) is 1.89. The lowest BCUT2D eigenvalue weighted by molar-refractivity contribution is 1.22. The predicted molar refractivity (Wildman–Crippen MR) is 47.0 cm³/mol. The monoisotopic (exact) mass is 142 g/mol. The highest BCUT2D eigenvalue weighted by molar-refractivity contribution is 7.80. The highest BCUT2D eigenvalue weighted by atomic mass is 32.1. The van der Waals surface area contributed by atoms with Gasteiger partial charge in [-0.25, -0.2) is 0 Å². The van der Waals surface area contributed by atoms with Crippen molar-refractivity contribution in [2.45, 2.75) is 20.3 Å². The summed E-state index contributed by atoms with van der Waals surface area (Å²) >= 11 is 4.12. The van der Waals surface area contributed by atoms with E-state index in [2.05, 4.69) is 44.7 Å². The van der Waals surface area contributed by atoms with Gasteiger partial charge in [0, 0.05) is 5.75 Å². The van der Waals surface area contributed by atoms with Crippen LogP contribution in [0.2, 0.25) is 0 Å². The van der Waals surface area contributed by atoms with Crippen molar-refractivity contribution in [2.24, 2.45) is 0 Å². The molecule has 0 aliphatic heterocycles. The summed E-state index contributed by atoms with van der Waals surface area (Å²) in [6, 6.07) is 0. The van der Waals surface area contributed by atoms with Crippen molar-refractivity contribution >= 4 is 12.6 Å². The van der Waals surface area contributed by atoms with Crippen LogP contribution in [0, 0.1) is 0 Å². The van der Waals surface area contributed by atoms with Crippen LogP contribution in [0.5, 0.6) is 0 Å². The Hall–Kier alpha value is -0.170. The SMILES string of the molecule is CC/C=C\C=C(/C)CS. The molecule has 0 radical (unpaired) electrons. The molecule has 0 aromatic heterocycles. The summed E-state index contributed by atoms with van der Waals surface area (Å²) in [5, 5.41) is 0. The fourth-order valence-electron chi connectivity index (χ4n) is 0.421. The van der Waals surface area contributed by atoms with Crippen LogP contribution in [-0.4, -0.2) is 5.75 Å². The summed E-state index contributed by atoms with van der Waals surface area (Å²) in [6.45, 7) is 4.20. The lowest BCUT2D eigenvalue weighted by Gasteiger charge is -1.87. The van der Waals surface area contributed by atoms with Gasteiger partial charge in [-0.05, 0) is 13.3 Å². The summed E-state index contributed by atoms with van der Waals surface area (Å²) in [7, 11) is 0. The molecular weight excluding hydrogens is 128 g/mol. The topological polar surface area (TPSA) is 0 Å². The van der Waals surface area contributed by atoms with Gasteiger partial charge in [-0.1, -0.05) is 30.7 Å². The maximum absolute atomic E-state index is 4.12. The first kappa shape index (κ1) is 8.83. The van der Waals surface area contributed by atoms with Gasteiger partial charge in [0.25, 0.3) is 0 Å². The Labute approximate surface area is 63.1 Å². The van der Waals surface area contributed by atoms with E-state index in [1.54, 1.807) is 0 Å². The van der Waals surface area contributed by atoms with E-state index in [-0.39, 0.29) is 0 Å². The minimum atomic E-state index is 0.855. The van der Waals surface area contributed by atoms with Gasteiger partial charge in [-0.3, -0.25) is 0 Å². The average molecular weight is 142 g/mol. The molecule has 0 aromatic carbocycles. The zero-order valence-electron chi connectivity index (χ0n) is 6.09. The smallest absolute Gasteiger partial charge is 0.0113 e. The molecule has 0 bridgehead atoms. The number of rotatable bonds is 3. The van der Waals surface area contributed by atoms with Crippen LogP contribution in [0.3, 0.4) is 0 Å². The lowest BCUT2D eigenvalue weighted by Crippen LogP contribution is -1.72. The van der Waals surface area contributed by atoms with Gasteiger partial charge in [0.1, 0.15) is 0 Å². The van der Waals surface area contributed by atoms with Crippen LogP contribution in [0.4, 0.5) is 0 Å². The van der Waals surface area contributed by atoms with Crippen LogP contribution in [0.25, 0.3) is 0 Å². The van der Waals surface area contributed by atoms with Crippen LogP contribution in [0.15, 0.2) is 23.8 Å². The van der Waals surface area contributed by atoms with Gasteiger partial charge in [0.15, 0.2) is 0 Å². The molecule has 0 aliphatic carbocycles. The molecule has 0 heterocycles. The Kier molecular flexibility index (Phi) is 5.85. The van der Waals surface area contributed by atoms with E-state index in [0.717, 1.165) is 12.2 Å². The maximum atomic E-state index is 4.12. The summed E-state index contributed by atoms with van der Waals surface area (Å²) in [4.78, 5) is 0. The minimum Gasteiger partial charge on any atom is -0.175 e. The first-order valence-electron chi connectivity index (χ1n) is 3.24.